The van der Waals surface area contributed by atoms with Gasteiger partial charge in [0.05, 0.1) is 26.6 Å². The summed E-state index contributed by atoms with van der Waals surface area (Å²) in [6.45, 7) is 4.57. The number of benzene rings is 1. The molecular formula is C13H15BrClN3. The van der Waals surface area contributed by atoms with Gasteiger partial charge in [0.1, 0.15) is 0 Å². The molecule has 1 heterocycles. The molecule has 0 radical (unpaired) electrons. The number of para-hydroxylation sites is 1. The van der Waals surface area contributed by atoms with Gasteiger partial charge in [0.2, 0.25) is 0 Å². The van der Waals surface area contributed by atoms with Gasteiger partial charge in [-0.15, -0.1) is 0 Å². The van der Waals surface area contributed by atoms with E-state index in [0.717, 1.165) is 33.5 Å². The van der Waals surface area contributed by atoms with Gasteiger partial charge in [-0.2, -0.15) is 5.10 Å². The van der Waals surface area contributed by atoms with Crippen LogP contribution in [0.25, 0.3) is 5.69 Å². The second-order valence-corrected chi connectivity index (χ2v) is 5.38. The van der Waals surface area contributed by atoms with Crippen molar-refractivity contribution in [1.29, 1.82) is 0 Å². The first-order chi connectivity index (χ1) is 8.56. The zero-order valence-corrected chi connectivity index (χ0v) is 12.7. The third-order valence-corrected chi connectivity index (χ3v) is 4.35. The molecule has 1 aromatic heterocycles. The van der Waals surface area contributed by atoms with Crippen LogP contribution in [0.2, 0.25) is 5.02 Å². The van der Waals surface area contributed by atoms with E-state index in [4.69, 9.17) is 17.3 Å². The Bertz CT molecular complexity index is 578. The summed E-state index contributed by atoms with van der Waals surface area (Å²) in [5, 5.41) is 5.22. The summed E-state index contributed by atoms with van der Waals surface area (Å²) in [7, 11) is 0. The van der Waals surface area contributed by atoms with E-state index in [9.17, 15) is 0 Å². The van der Waals surface area contributed by atoms with Crippen LogP contribution in [0.5, 0.6) is 0 Å². The molecule has 2 rings (SSSR count). The molecule has 0 fully saturated rings. The molecule has 2 aromatic rings. The summed E-state index contributed by atoms with van der Waals surface area (Å²) in [5.41, 5.74) is 9.68. The van der Waals surface area contributed by atoms with E-state index < -0.39 is 0 Å². The summed E-state index contributed by atoms with van der Waals surface area (Å²) in [6, 6.07) is 5.86. The van der Waals surface area contributed by atoms with E-state index in [2.05, 4.69) is 21.0 Å². The second kappa shape index (κ2) is 5.43. The molecule has 0 saturated heterocycles. The van der Waals surface area contributed by atoms with Crippen molar-refractivity contribution < 1.29 is 0 Å². The van der Waals surface area contributed by atoms with Gasteiger partial charge >= 0.3 is 0 Å². The van der Waals surface area contributed by atoms with E-state index in [1.165, 1.54) is 0 Å². The first-order valence-corrected chi connectivity index (χ1v) is 6.93. The molecule has 3 nitrogen and oxygen atoms in total. The van der Waals surface area contributed by atoms with Gasteiger partial charge in [-0.05, 0) is 54.4 Å². The minimum absolute atomic E-state index is 0.591. The molecule has 0 amide bonds. The molecule has 0 aliphatic heterocycles. The summed E-state index contributed by atoms with van der Waals surface area (Å²) in [4.78, 5) is 0. The van der Waals surface area contributed by atoms with Gasteiger partial charge in [-0.1, -0.05) is 23.7 Å². The van der Waals surface area contributed by atoms with Gasteiger partial charge in [0.15, 0.2) is 0 Å². The third-order valence-electron chi connectivity index (χ3n) is 2.90. The van der Waals surface area contributed by atoms with Crippen LogP contribution in [-0.4, -0.2) is 16.3 Å². The maximum Gasteiger partial charge on any atom is 0.0867 e. The number of rotatable bonds is 3. The second-order valence-electron chi connectivity index (χ2n) is 4.18. The summed E-state index contributed by atoms with van der Waals surface area (Å²) in [6.07, 6.45) is 0.784. The predicted molar refractivity (Wildman–Crippen MR) is 78.5 cm³/mol. The van der Waals surface area contributed by atoms with Gasteiger partial charge in [0.25, 0.3) is 0 Å². The van der Waals surface area contributed by atoms with Crippen molar-refractivity contribution in [3.05, 3.63) is 44.6 Å². The Balaban J connectivity index is 2.65. The molecule has 5 heteroatoms. The van der Waals surface area contributed by atoms with Crippen LogP contribution in [-0.2, 0) is 6.42 Å². The molecule has 18 heavy (non-hydrogen) atoms. The number of nitrogens with zero attached hydrogens (tertiary/aromatic N) is 2. The Hall–Kier alpha value is -0.840. The fraction of sp³-hybridized carbons (Fsp3) is 0.308. The van der Waals surface area contributed by atoms with Gasteiger partial charge < -0.3 is 5.73 Å². The highest BCUT2D eigenvalue weighted by atomic mass is 79.9. The first kappa shape index (κ1) is 13.6. The minimum Gasteiger partial charge on any atom is -0.330 e. The van der Waals surface area contributed by atoms with Crippen LogP contribution in [0, 0.1) is 13.8 Å². The molecule has 0 bridgehead atoms. The van der Waals surface area contributed by atoms with E-state index >= 15 is 0 Å². The standard InChI is InChI=1S/C13H15BrClN3/c1-8-12(14)9(2)18(17-8)13-10(6-7-16)4-3-5-11(13)15/h3-5H,6-7,16H2,1-2H3. The van der Waals surface area contributed by atoms with Crippen molar-refractivity contribution >= 4 is 27.5 Å². The lowest BCUT2D eigenvalue weighted by molar-refractivity contribution is 0.813. The Labute approximate surface area is 120 Å². The average Bonchev–Trinajstić information content (AvgIpc) is 2.58. The number of aromatic nitrogens is 2. The Morgan fingerprint density at radius 2 is 2.11 bits per heavy atom. The third kappa shape index (κ3) is 2.32. The highest BCUT2D eigenvalue weighted by Crippen LogP contribution is 2.29. The van der Waals surface area contributed by atoms with Crippen molar-refractivity contribution in [2.75, 3.05) is 6.54 Å². The molecule has 0 spiro atoms. The molecule has 0 saturated carbocycles. The van der Waals surface area contributed by atoms with Gasteiger partial charge in [-0.3, -0.25) is 0 Å². The smallest absolute Gasteiger partial charge is 0.0867 e. The number of hydrogen-bond acceptors (Lipinski definition) is 2. The molecule has 0 unspecified atom stereocenters. The SMILES string of the molecule is Cc1nn(-c2c(Cl)cccc2CCN)c(C)c1Br. The predicted octanol–water partition coefficient (Wildman–Crippen LogP) is 3.41. The van der Waals surface area contributed by atoms with Crippen LogP contribution in [0.15, 0.2) is 22.7 Å². The van der Waals surface area contributed by atoms with E-state index in [1.54, 1.807) is 0 Å². The lowest BCUT2D eigenvalue weighted by Gasteiger charge is -2.12. The first-order valence-electron chi connectivity index (χ1n) is 5.75. The summed E-state index contributed by atoms with van der Waals surface area (Å²) < 4.78 is 2.90. The van der Waals surface area contributed by atoms with Gasteiger partial charge in [0, 0.05) is 0 Å². The average molecular weight is 329 g/mol. The molecule has 2 N–H and O–H groups in total. The topological polar surface area (TPSA) is 43.8 Å². The molecule has 96 valence electrons. The highest BCUT2D eigenvalue weighted by molar-refractivity contribution is 9.10. The van der Waals surface area contributed by atoms with Crippen molar-refractivity contribution in [3.8, 4) is 5.69 Å². The number of nitrogens with two attached hydrogens (primary N) is 1. The molecular weight excluding hydrogens is 314 g/mol. The largest absolute Gasteiger partial charge is 0.330 e. The van der Waals surface area contributed by atoms with Crippen molar-refractivity contribution in [2.45, 2.75) is 20.3 Å². The fourth-order valence-electron chi connectivity index (χ4n) is 2.00. The molecule has 0 aliphatic rings. The maximum atomic E-state index is 6.32. The van der Waals surface area contributed by atoms with E-state index in [-0.39, 0.29) is 0 Å². The minimum atomic E-state index is 0.591. The van der Waals surface area contributed by atoms with Crippen LogP contribution in [0.1, 0.15) is 17.0 Å². The lowest BCUT2D eigenvalue weighted by Crippen LogP contribution is -2.09. The highest BCUT2D eigenvalue weighted by Gasteiger charge is 2.15. The normalized spacial score (nSPS) is 10.9. The zero-order chi connectivity index (χ0) is 13.3. The molecule has 0 atom stereocenters. The van der Waals surface area contributed by atoms with Crippen LogP contribution < -0.4 is 5.73 Å². The van der Waals surface area contributed by atoms with E-state index in [1.807, 2.05) is 36.7 Å². The Morgan fingerprint density at radius 3 is 2.67 bits per heavy atom. The molecule has 0 aliphatic carbocycles. The quantitative estimate of drug-likeness (QED) is 0.938. The summed E-state index contributed by atoms with van der Waals surface area (Å²) in [5.74, 6) is 0. The molecule has 1 aromatic carbocycles. The Morgan fingerprint density at radius 1 is 1.39 bits per heavy atom. The fourth-order valence-corrected chi connectivity index (χ4v) is 2.52. The zero-order valence-electron chi connectivity index (χ0n) is 10.4. The lowest BCUT2D eigenvalue weighted by atomic mass is 10.1. The Kier molecular flexibility index (Phi) is 4.10. The van der Waals surface area contributed by atoms with Crippen molar-refractivity contribution in [3.63, 3.8) is 0 Å². The van der Waals surface area contributed by atoms with Crippen LogP contribution >= 0.6 is 27.5 Å². The van der Waals surface area contributed by atoms with Crippen molar-refractivity contribution in [1.82, 2.24) is 9.78 Å². The summed E-state index contributed by atoms with van der Waals surface area (Å²) >= 11 is 9.85. The van der Waals surface area contributed by atoms with Gasteiger partial charge in [-0.25, -0.2) is 4.68 Å². The number of hydrogen-bond donors (Lipinski definition) is 1. The van der Waals surface area contributed by atoms with Crippen LogP contribution in [0.4, 0.5) is 0 Å². The number of aryl methyl sites for hydroxylation is 1. The van der Waals surface area contributed by atoms with Crippen molar-refractivity contribution in [2.24, 2.45) is 5.73 Å². The maximum absolute atomic E-state index is 6.32. The monoisotopic (exact) mass is 327 g/mol. The number of halogens is 2. The van der Waals surface area contributed by atoms with E-state index in [0.29, 0.717) is 11.6 Å². The van der Waals surface area contributed by atoms with Crippen LogP contribution in [0.3, 0.4) is 0 Å².